The van der Waals surface area contributed by atoms with E-state index in [1.54, 1.807) is 6.07 Å². The van der Waals surface area contributed by atoms with E-state index in [0.29, 0.717) is 0 Å². The lowest BCUT2D eigenvalue weighted by atomic mass is 10.2. The lowest BCUT2D eigenvalue weighted by Gasteiger charge is -2.34. The summed E-state index contributed by atoms with van der Waals surface area (Å²) in [4.78, 5) is 29.7. The largest absolute Gasteiger partial charge is 0.343 e. The van der Waals surface area contributed by atoms with E-state index in [9.17, 15) is 22.4 Å². The number of carbonyl (C=O) groups excluding carboxylic acids is 2. The van der Waals surface area contributed by atoms with Crippen molar-refractivity contribution >= 4 is 21.8 Å². The van der Waals surface area contributed by atoms with E-state index in [4.69, 9.17) is 0 Å². The van der Waals surface area contributed by atoms with E-state index in [-0.39, 0.29) is 49.1 Å². The summed E-state index contributed by atoms with van der Waals surface area (Å²) in [6, 6.07) is 8.51. The topological polar surface area (TPSA) is 99.7 Å². The zero-order valence-electron chi connectivity index (χ0n) is 14.9. The van der Waals surface area contributed by atoms with Gasteiger partial charge in [-0.3, -0.25) is 14.6 Å². The average Bonchev–Trinajstić information content (AvgIpc) is 2.73. The Hall–Kier alpha value is -2.85. The quantitative estimate of drug-likeness (QED) is 0.779. The molecule has 1 aliphatic heterocycles. The first kappa shape index (κ1) is 19.9. The molecule has 1 saturated heterocycles. The van der Waals surface area contributed by atoms with Crippen LogP contribution in [-0.4, -0.2) is 67.1 Å². The molecule has 1 aliphatic rings. The Kier molecular flexibility index (Phi) is 6.00. The zero-order chi connectivity index (χ0) is 20.1. The van der Waals surface area contributed by atoms with Crippen LogP contribution in [0.15, 0.2) is 53.7 Å². The molecular weight excluding hydrogens is 387 g/mol. The van der Waals surface area contributed by atoms with Gasteiger partial charge in [0.15, 0.2) is 0 Å². The van der Waals surface area contributed by atoms with Crippen LogP contribution in [-0.2, 0) is 14.8 Å². The molecule has 28 heavy (non-hydrogen) atoms. The molecule has 148 valence electrons. The average molecular weight is 406 g/mol. The second-order valence-electron chi connectivity index (χ2n) is 6.14. The maximum atomic E-state index is 13.6. The molecule has 0 aliphatic carbocycles. The highest BCUT2D eigenvalue weighted by Crippen LogP contribution is 2.16. The highest BCUT2D eigenvalue weighted by atomic mass is 32.2. The van der Waals surface area contributed by atoms with Crippen LogP contribution in [0.25, 0.3) is 0 Å². The molecule has 1 aromatic carbocycles. The van der Waals surface area contributed by atoms with Gasteiger partial charge >= 0.3 is 0 Å². The number of benzene rings is 1. The molecule has 0 radical (unpaired) electrons. The van der Waals surface area contributed by atoms with Crippen molar-refractivity contribution < 1.29 is 22.4 Å². The molecule has 0 atom stereocenters. The number of nitrogens with zero attached hydrogens (tertiary/aromatic N) is 3. The fourth-order valence-electron chi connectivity index (χ4n) is 2.83. The third kappa shape index (κ3) is 4.34. The molecule has 1 fully saturated rings. The van der Waals surface area contributed by atoms with Gasteiger partial charge in [0.05, 0.1) is 12.1 Å². The zero-order valence-corrected chi connectivity index (χ0v) is 15.7. The first-order valence-electron chi connectivity index (χ1n) is 8.60. The predicted molar refractivity (Wildman–Crippen MR) is 98.3 cm³/mol. The highest BCUT2D eigenvalue weighted by molar-refractivity contribution is 7.89. The smallest absolute Gasteiger partial charge is 0.254 e. The molecular formula is C18H19FN4O4S. The van der Waals surface area contributed by atoms with E-state index in [0.717, 1.165) is 0 Å². The molecule has 0 saturated carbocycles. The minimum atomic E-state index is -3.66. The fourth-order valence-corrected chi connectivity index (χ4v) is 4.22. The fraction of sp³-hybridized carbons (Fsp3) is 0.278. The monoisotopic (exact) mass is 406 g/mol. The Bertz CT molecular complexity index is 961. The van der Waals surface area contributed by atoms with Crippen molar-refractivity contribution in [1.29, 1.82) is 0 Å². The molecule has 1 N–H and O–H groups in total. The number of carbonyl (C=O) groups is 2. The van der Waals surface area contributed by atoms with E-state index in [1.807, 2.05) is 0 Å². The molecule has 2 amide bonds. The first-order chi connectivity index (χ1) is 13.4. The summed E-state index contributed by atoms with van der Waals surface area (Å²) < 4.78 is 40.0. The van der Waals surface area contributed by atoms with Gasteiger partial charge in [-0.2, -0.15) is 4.31 Å². The van der Waals surface area contributed by atoms with Gasteiger partial charge in [0, 0.05) is 38.6 Å². The van der Waals surface area contributed by atoms with Gasteiger partial charge in [-0.1, -0.05) is 12.1 Å². The second-order valence-corrected chi connectivity index (χ2v) is 8.07. The maximum absolute atomic E-state index is 13.6. The summed E-state index contributed by atoms with van der Waals surface area (Å²) in [6.07, 6.45) is 2.77. The van der Waals surface area contributed by atoms with E-state index >= 15 is 0 Å². The minimum Gasteiger partial charge on any atom is -0.343 e. The number of amides is 2. The number of sulfonamides is 1. The lowest BCUT2D eigenvalue weighted by Crippen LogP contribution is -2.52. The number of aromatic nitrogens is 1. The number of rotatable bonds is 5. The van der Waals surface area contributed by atoms with Gasteiger partial charge in [-0.05, 0) is 24.3 Å². The molecule has 1 aromatic heterocycles. The van der Waals surface area contributed by atoms with Crippen LogP contribution in [0.4, 0.5) is 4.39 Å². The normalized spacial score (nSPS) is 15.2. The molecule has 2 heterocycles. The molecule has 0 unspecified atom stereocenters. The van der Waals surface area contributed by atoms with Crippen LogP contribution in [0.3, 0.4) is 0 Å². The van der Waals surface area contributed by atoms with Crippen molar-refractivity contribution in [3.63, 3.8) is 0 Å². The van der Waals surface area contributed by atoms with Crippen LogP contribution >= 0.6 is 0 Å². The van der Waals surface area contributed by atoms with Crippen LogP contribution in [0.5, 0.6) is 0 Å². The van der Waals surface area contributed by atoms with Crippen molar-refractivity contribution in [2.75, 3.05) is 32.7 Å². The van der Waals surface area contributed by atoms with Gasteiger partial charge < -0.3 is 10.2 Å². The number of halogens is 1. The number of pyridine rings is 1. The Balaban J connectivity index is 1.53. The molecule has 8 nitrogen and oxygen atoms in total. The van der Waals surface area contributed by atoms with E-state index in [2.05, 4.69) is 10.3 Å². The predicted octanol–water partition coefficient (Wildman–Crippen LogP) is 0.484. The summed E-state index contributed by atoms with van der Waals surface area (Å²) in [5.41, 5.74) is -0.136. The number of nitrogens with one attached hydrogen (secondary N) is 1. The molecule has 10 heteroatoms. The Morgan fingerprint density at radius 2 is 1.79 bits per heavy atom. The summed E-state index contributed by atoms with van der Waals surface area (Å²) in [6.45, 7) is 0.402. The Labute approximate surface area is 162 Å². The summed E-state index contributed by atoms with van der Waals surface area (Å²) in [5.74, 6) is -1.70. The SMILES string of the molecule is O=C(NCC(=O)N1CCN(S(=O)(=O)c2cccnc2)CC1)c1ccccc1F. The van der Waals surface area contributed by atoms with Gasteiger partial charge in [0.1, 0.15) is 10.7 Å². The van der Waals surface area contributed by atoms with Gasteiger partial charge in [0.25, 0.3) is 5.91 Å². The van der Waals surface area contributed by atoms with Crippen LogP contribution in [0.1, 0.15) is 10.4 Å². The summed E-state index contributed by atoms with van der Waals surface area (Å²) in [7, 11) is -3.66. The molecule has 2 aromatic rings. The highest BCUT2D eigenvalue weighted by Gasteiger charge is 2.30. The summed E-state index contributed by atoms with van der Waals surface area (Å²) >= 11 is 0. The molecule has 0 spiro atoms. The van der Waals surface area contributed by atoms with Crippen molar-refractivity contribution in [1.82, 2.24) is 19.5 Å². The van der Waals surface area contributed by atoms with Crippen LogP contribution in [0, 0.1) is 5.82 Å². The van der Waals surface area contributed by atoms with Gasteiger partial charge in [0.2, 0.25) is 15.9 Å². The van der Waals surface area contributed by atoms with Crippen molar-refractivity contribution in [3.05, 3.63) is 60.2 Å². The van der Waals surface area contributed by atoms with Gasteiger partial charge in [-0.15, -0.1) is 0 Å². The van der Waals surface area contributed by atoms with Crippen molar-refractivity contribution in [2.24, 2.45) is 0 Å². The summed E-state index contributed by atoms with van der Waals surface area (Å²) in [5, 5.41) is 2.39. The van der Waals surface area contributed by atoms with E-state index < -0.39 is 21.7 Å². The standard InChI is InChI=1S/C18H19FN4O4S/c19-16-6-2-1-5-15(16)18(25)21-13-17(24)22-8-10-23(11-9-22)28(26,27)14-4-3-7-20-12-14/h1-7,12H,8-11,13H2,(H,21,25). The number of hydrogen-bond acceptors (Lipinski definition) is 5. The molecule has 0 bridgehead atoms. The number of piperazine rings is 1. The number of hydrogen-bond donors (Lipinski definition) is 1. The third-order valence-corrected chi connectivity index (χ3v) is 6.26. The van der Waals surface area contributed by atoms with Crippen molar-refractivity contribution in [3.8, 4) is 0 Å². The van der Waals surface area contributed by atoms with E-state index in [1.165, 1.54) is 51.9 Å². The van der Waals surface area contributed by atoms with Crippen LogP contribution < -0.4 is 5.32 Å². The van der Waals surface area contributed by atoms with Crippen molar-refractivity contribution in [2.45, 2.75) is 4.90 Å². The van der Waals surface area contributed by atoms with Gasteiger partial charge in [-0.25, -0.2) is 12.8 Å². The Morgan fingerprint density at radius 3 is 2.43 bits per heavy atom. The first-order valence-corrected chi connectivity index (χ1v) is 10.0. The Morgan fingerprint density at radius 1 is 1.07 bits per heavy atom. The lowest BCUT2D eigenvalue weighted by molar-refractivity contribution is -0.131. The molecule has 3 rings (SSSR count). The third-order valence-electron chi connectivity index (χ3n) is 4.38. The second kappa shape index (κ2) is 8.44. The minimum absolute atomic E-state index is 0.104. The maximum Gasteiger partial charge on any atom is 0.254 e. The van der Waals surface area contributed by atoms with Crippen LogP contribution in [0.2, 0.25) is 0 Å².